The van der Waals surface area contributed by atoms with E-state index in [9.17, 15) is 18.3 Å². The van der Waals surface area contributed by atoms with Crippen LogP contribution in [-0.4, -0.2) is 16.6 Å². The molecule has 2 rings (SSSR count). The standard InChI is InChI=1S/C17H19F3N2O/c1-11-7-13(8-12(2)22-11)9-21-10-16(23)14-3-5-15(6-4-14)17(18,19)20/h3-8,16,21,23H,9-10H2,1-2H3/t16-/m1/s1. The van der Waals surface area contributed by atoms with Gasteiger partial charge in [0.2, 0.25) is 0 Å². The highest BCUT2D eigenvalue weighted by atomic mass is 19.4. The maximum absolute atomic E-state index is 12.5. The SMILES string of the molecule is Cc1cc(CNC[C@@H](O)c2ccc(C(F)(F)F)cc2)cc(C)n1. The summed E-state index contributed by atoms with van der Waals surface area (Å²) in [5.41, 5.74) is 2.63. The summed E-state index contributed by atoms with van der Waals surface area (Å²) in [7, 11) is 0. The van der Waals surface area contributed by atoms with E-state index < -0.39 is 17.8 Å². The Morgan fingerprint density at radius 3 is 2.17 bits per heavy atom. The first-order chi connectivity index (χ1) is 10.8. The zero-order chi connectivity index (χ0) is 17.0. The third-order valence-corrected chi connectivity index (χ3v) is 3.43. The molecule has 1 aromatic heterocycles. The number of nitrogens with zero attached hydrogens (tertiary/aromatic N) is 1. The van der Waals surface area contributed by atoms with Crippen LogP contribution < -0.4 is 5.32 Å². The summed E-state index contributed by atoms with van der Waals surface area (Å²) in [4.78, 5) is 4.28. The van der Waals surface area contributed by atoms with Crippen molar-refractivity contribution < 1.29 is 18.3 Å². The van der Waals surface area contributed by atoms with E-state index in [1.165, 1.54) is 12.1 Å². The van der Waals surface area contributed by atoms with E-state index in [1.54, 1.807) is 0 Å². The minimum Gasteiger partial charge on any atom is -0.387 e. The number of nitrogens with one attached hydrogen (secondary N) is 1. The number of benzene rings is 1. The monoisotopic (exact) mass is 324 g/mol. The number of aryl methyl sites for hydroxylation is 2. The minimum atomic E-state index is -4.36. The van der Waals surface area contributed by atoms with Crippen LogP contribution in [0.2, 0.25) is 0 Å². The van der Waals surface area contributed by atoms with Gasteiger partial charge in [0.05, 0.1) is 11.7 Å². The third-order valence-electron chi connectivity index (χ3n) is 3.43. The molecule has 1 heterocycles. The molecule has 1 aromatic carbocycles. The summed E-state index contributed by atoms with van der Waals surface area (Å²) >= 11 is 0. The smallest absolute Gasteiger partial charge is 0.387 e. The second-order valence-corrected chi connectivity index (χ2v) is 5.52. The van der Waals surface area contributed by atoms with Gasteiger partial charge in [-0.2, -0.15) is 13.2 Å². The topological polar surface area (TPSA) is 45.1 Å². The lowest BCUT2D eigenvalue weighted by Crippen LogP contribution is -2.21. The molecule has 0 aliphatic rings. The van der Waals surface area contributed by atoms with E-state index in [1.807, 2.05) is 26.0 Å². The molecule has 23 heavy (non-hydrogen) atoms. The van der Waals surface area contributed by atoms with Crippen molar-refractivity contribution >= 4 is 0 Å². The molecule has 0 radical (unpaired) electrons. The Morgan fingerprint density at radius 2 is 1.65 bits per heavy atom. The third kappa shape index (κ3) is 5.04. The van der Waals surface area contributed by atoms with Crippen LogP contribution in [0.15, 0.2) is 36.4 Å². The van der Waals surface area contributed by atoms with Crippen molar-refractivity contribution in [2.24, 2.45) is 0 Å². The fraction of sp³-hybridized carbons (Fsp3) is 0.353. The molecule has 0 saturated heterocycles. The van der Waals surface area contributed by atoms with Crippen LogP contribution in [0.1, 0.15) is 34.2 Å². The first-order valence-electron chi connectivity index (χ1n) is 7.26. The van der Waals surface area contributed by atoms with E-state index in [-0.39, 0.29) is 6.54 Å². The molecule has 0 amide bonds. The van der Waals surface area contributed by atoms with E-state index in [0.29, 0.717) is 12.1 Å². The summed E-state index contributed by atoms with van der Waals surface area (Å²) in [5.74, 6) is 0. The number of hydrogen-bond donors (Lipinski definition) is 2. The Balaban J connectivity index is 1.90. The predicted octanol–water partition coefficient (Wildman–Crippen LogP) is 3.54. The highest BCUT2D eigenvalue weighted by Gasteiger charge is 2.30. The van der Waals surface area contributed by atoms with Gasteiger partial charge in [0.25, 0.3) is 0 Å². The predicted molar refractivity (Wildman–Crippen MR) is 81.8 cm³/mol. The molecule has 1 atom stereocenters. The Kier molecular flexibility index (Phi) is 5.38. The summed E-state index contributed by atoms with van der Waals surface area (Å²) in [6, 6.07) is 8.46. The number of halogens is 3. The van der Waals surface area contributed by atoms with Crippen LogP contribution in [-0.2, 0) is 12.7 Å². The minimum absolute atomic E-state index is 0.256. The molecular weight excluding hydrogens is 305 g/mol. The number of aliphatic hydroxyl groups is 1. The molecule has 0 aliphatic heterocycles. The molecule has 124 valence electrons. The van der Waals surface area contributed by atoms with Crippen molar-refractivity contribution in [2.45, 2.75) is 32.7 Å². The molecule has 2 aromatic rings. The first-order valence-corrected chi connectivity index (χ1v) is 7.26. The van der Waals surface area contributed by atoms with Crippen molar-refractivity contribution in [1.29, 1.82) is 0 Å². The van der Waals surface area contributed by atoms with Gasteiger partial charge in [-0.05, 0) is 49.2 Å². The molecule has 0 saturated carbocycles. The van der Waals surface area contributed by atoms with Crippen LogP contribution in [0.4, 0.5) is 13.2 Å². The van der Waals surface area contributed by atoms with Gasteiger partial charge < -0.3 is 10.4 Å². The average molecular weight is 324 g/mol. The fourth-order valence-electron chi connectivity index (χ4n) is 2.39. The van der Waals surface area contributed by atoms with Gasteiger partial charge in [0.1, 0.15) is 0 Å². The molecule has 6 heteroatoms. The Hall–Kier alpha value is -1.92. The highest BCUT2D eigenvalue weighted by molar-refractivity contribution is 5.26. The van der Waals surface area contributed by atoms with Gasteiger partial charge in [0, 0.05) is 24.5 Å². The lowest BCUT2D eigenvalue weighted by atomic mass is 10.1. The van der Waals surface area contributed by atoms with Crippen LogP contribution >= 0.6 is 0 Å². The molecule has 0 fully saturated rings. The van der Waals surface area contributed by atoms with E-state index in [2.05, 4.69) is 10.3 Å². The lowest BCUT2D eigenvalue weighted by Gasteiger charge is -2.14. The average Bonchev–Trinajstić information content (AvgIpc) is 2.45. The maximum atomic E-state index is 12.5. The summed E-state index contributed by atoms with van der Waals surface area (Å²) in [5, 5.41) is 13.1. The number of pyridine rings is 1. The lowest BCUT2D eigenvalue weighted by molar-refractivity contribution is -0.137. The largest absolute Gasteiger partial charge is 0.416 e. The second kappa shape index (κ2) is 7.10. The summed E-state index contributed by atoms with van der Waals surface area (Å²) in [6.07, 6.45) is -5.22. The Bertz CT molecular complexity index is 634. The molecule has 2 N–H and O–H groups in total. The van der Waals surface area contributed by atoms with Crippen LogP contribution in [0.5, 0.6) is 0 Å². The number of aliphatic hydroxyl groups excluding tert-OH is 1. The molecule has 0 bridgehead atoms. The fourth-order valence-corrected chi connectivity index (χ4v) is 2.39. The molecular formula is C17H19F3N2O. The van der Waals surface area contributed by atoms with Gasteiger partial charge in [-0.1, -0.05) is 12.1 Å². The quantitative estimate of drug-likeness (QED) is 0.884. The number of rotatable bonds is 5. The zero-order valence-corrected chi connectivity index (χ0v) is 13.0. The summed E-state index contributed by atoms with van der Waals surface area (Å²) < 4.78 is 37.5. The first kappa shape index (κ1) is 17.4. The molecule has 0 aliphatic carbocycles. The van der Waals surface area contributed by atoms with Gasteiger partial charge in [-0.15, -0.1) is 0 Å². The second-order valence-electron chi connectivity index (χ2n) is 5.52. The van der Waals surface area contributed by atoms with Gasteiger partial charge in [0.15, 0.2) is 0 Å². The zero-order valence-electron chi connectivity index (χ0n) is 13.0. The molecule has 0 spiro atoms. The van der Waals surface area contributed by atoms with Crippen molar-refractivity contribution in [2.75, 3.05) is 6.54 Å². The van der Waals surface area contributed by atoms with Crippen molar-refractivity contribution in [3.8, 4) is 0 Å². The van der Waals surface area contributed by atoms with E-state index in [0.717, 1.165) is 29.1 Å². The van der Waals surface area contributed by atoms with Crippen LogP contribution in [0, 0.1) is 13.8 Å². The normalized spacial score (nSPS) is 13.1. The maximum Gasteiger partial charge on any atom is 0.416 e. The summed E-state index contributed by atoms with van der Waals surface area (Å²) in [6.45, 7) is 4.63. The molecule has 3 nitrogen and oxygen atoms in total. The van der Waals surface area contributed by atoms with E-state index >= 15 is 0 Å². The van der Waals surface area contributed by atoms with Crippen molar-refractivity contribution in [3.63, 3.8) is 0 Å². The number of aromatic nitrogens is 1. The Morgan fingerprint density at radius 1 is 1.09 bits per heavy atom. The van der Waals surface area contributed by atoms with Crippen LogP contribution in [0.3, 0.4) is 0 Å². The van der Waals surface area contributed by atoms with E-state index in [4.69, 9.17) is 0 Å². The van der Waals surface area contributed by atoms with Gasteiger partial charge >= 0.3 is 6.18 Å². The van der Waals surface area contributed by atoms with Crippen LogP contribution in [0.25, 0.3) is 0 Å². The van der Waals surface area contributed by atoms with Crippen molar-refractivity contribution in [1.82, 2.24) is 10.3 Å². The van der Waals surface area contributed by atoms with Gasteiger partial charge in [-0.25, -0.2) is 0 Å². The highest BCUT2D eigenvalue weighted by Crippen LogP contribution is 2.29. The van der Waals surface area contributed by atoms with Gasteiger partial charge in [-0.3, -0.25) is 4.98 Å². The molecule has 0 unspecified atom stereocenters. The number of hydrogen-bond acceptors (Lipinski definition) is 3. The Labute approximate surface area is 133 Å². The number of alkyl halides is 3. The van der Waals surface area contributed by atoms with Crippen molar-refractivity contribution in [3.05, 3.63) is 64.5 Å².